The van der Waals surface area contributed by atoms with Crippen LogP contribution in [0.4, 0.5) is 5.82 Å². The lowest BCUT2D eigenvalue weighted by Gasteiger charge is -2.10. The molecule has 0 aromatic carbocycles. The molecule has 15 heavy (non-hydrogen) atoms. The molecule has 0 spiro atoms. The van der Waals surface area contributed by atoms with Crippen molar-refractivity contribution in [2.24, 2.45) is 0 Å². The van der Waals surface area contributed by atoms with Crippen LogP contribution in [0.2, 0.25) is 0 Å². The Morgan fingerprint density at radius 2 is 2.27 bits per heavy atom. The second-order valence-corrected chi connectivity index (χ2v) is 3.60. The van der Waals surface area contributed by atoms with Gasteiger partial charge in [-0.15, -0.1) is 0 Å². The normalized spacial score (nSPS) is 10.7. The smallest absolute Gasteiger partial charge is 0.156 e. The summed E-state index contributed by atoms with van der Waals surface area (Å²) in [7, 11) is 4.10. The molecular weight excluding hydrogens is 192 g/mol. The van der Waals surface area contributed by atoms with Gasteiger partial charge in [0.1, 0.15) is 12.4 Å². The van der Waals surface area contributed by atoms with Gasteiger partial charge >= 0.3 is 0 Å². The van der Waals surface area contributed by atoms with Crippen molar-refractivity contribution in [2.45, 2.75) is 13.0 Å². The molecule has 2 N–H and O–H groups in total. The number of hydrogen-bond donors (Lipinski definition) is 2. The highest BCUT2D eigenvalue weighted by atomic mass is 16.3. The van der Waals surface area contributed by atoms with Crippen molar-refractivity contribution in [3.05, 3.63) is 18.1 Å². The summed E-state index contributed by atoms with van der Waals surface area (Å²) in [5.74, 6) is 1.22. The third kappa shape index (κ3) is 4.71. The van der Waals surface area contributed by atoms with Crippen molar-refractivity contribution >= 4 is 5.82 Å². The zero-order chi connectivity index (χ0) is 11.1. The number of nitrogens with one attached hydrogen (secondary N) is 1. The maximum atomic E-state index is 8.85. The van der Waals surface area contributed by atoms with Crippen molar-refractivity contribution in [3.8, 4) is 0 Å². The topological polar surface area (TPSA) is 61.3 Å². The van der Waals surface area contributed by atoms with Gasteiger partial charge in [-0.3, -0.25) is 0 Å². The minimum atomic E-state index is -0.118. The highest BCUT2D eigenvalue weighted by Crippen LogP contribution is 2.01. The zero-order valence-corrected chi connectivity index (χ0v) is 9.27. The Labute approximate surface area is 90.2 Å². The second kappa shape index (κ2) is 6.31. The number of aliphatic hydroxyl groups is 1. The van der Waals surface area contributed by atoms with E-state index < -0.39 is 0 Å². The van der Waals surface area contributed by atoms with Gasteiger partial charge in [0.2, 0.25) is 0 Å². The van der Waals surface area contributed by atoms with E-state index in [2.05, 4.69) is 34.3 Å². The summed E-state index contributed by atoms with van der Waals surface area (Å²) in [4.78, 5) is 10.2. The third-order valence-electron chi connectivity index (χ3n) is 1.94. The average molecular weight is 210 g/mol. The summed E-state index contributed by atoms with van der Waals surface area (Å²) < 4.78 is 0. The van der Waals surface area contributed by atoms with E-state index >= 15 is 0 Å². The summed E-state index contributed by atoms with van der Waals surface area (Å²) >= 11 is 0. The molecule has 5 nitrogen and oxygen atoms in total. The molecule has 0 atom stereocenters. The van der Waals surface area contributed by atoms with Gasteiger partial charge in [-0.2, -0.15) is 0 Å². The molecule has 0 radical (unpaired) electrons. The van der Waals surface area contributed by atoms with E-state index in [4.69, 9.17) is 5.11 Å². The summed E-state index contributed by atoms with van der Waals surface area (Å²) in [6, 6.07) is 1.80. The van der Waals surface area contributed by atoms with Crippen LogP contribution in [-0.2, 0) is 6.61 Å². The van der Waals surface area contributed by atoms with E-state index in [0.29, 0.717) is 5.82 Å². The fraction of sp³-hybridized carbons (Fsp3) is 0.600. The van der Waals surface area contributed by atoms with Gasteiger partial charge in [-0.25, -0.2) is 9.97 Å². The molecule has 1 aromatic heterocycles. The molecule has 1 heterocycles. The monoisotopic (exact) mass is 210 g/mol. The largest absolute Gasteiger partial charge is 0.388 e. The first-order chi connectivity index (χ1) is 7.22. The van der Waals surface area contributed by atoms with E-state index in [9.17, 15) is 0 Å². The fourth-order valence-corrected chi connectivity index (χ4v) is 1.19. The molecule has 0 amide bonds. The summed E-state index contributed by atoms with van der Waals surface area (Å²) in [5, 5.41) is 12.0. The van der Waals surface area contributed by atoms with Crippen LogP contribution in [0.25, 0.3) is 0 Å². The van der Waals surface area contributed by atoms with Crippen LogP contribution in [-0.4, -0.2) is 47.2 Å². The van der Waals surface area contributed by atoms with Crippen LogP contribution in [0.15, 0.2) is 12.3 Å². The fourth-order valence-electron chi connectivity index (χ4n) is 1.19. The number of aromatic nitrogens is 2. The molecule has 0 bridgehead atoms. The molecule has 0 saturated carbocycles. The number of rotatable bonds is 6. The highest BCUT2D eigenvalue weighted by molar-refractivity contribution is 5.32. The minimum absolute atomic E-state index is 0.118. The Kier molecular flexibility index (Phi) is 5.00. The Morgan fingerprint density at radius 1 is 1.47 bits per heavy atom. The maximum absolute atomic E-state index is 8.85. The van der Waals surface area contributed by atoms with Crippen molar-refractivity contribution in [1.82, 2.24) is 14.9 Å². The molecule has 0 fully saturated rings. The van der Waals surface area contributed by atoms with Crippen LogP contribution in [0.1, 0.15) is 12.2 Å². The highest BCUT2D eigenvalue weighted by Gasteiger charge is 1.97. The van der Waals surface area contributed by atoms with Crippen LogP contribution < -0.4 is 5.32 Å². The van der Waals surface area contributed by atoms with Gasteiger partial charge in [-0.1, -0.05) is 0 Å². The SMILES string of the molecule is CN(C)CCCNc1ccnc(CO)n1. The Bertz CT molecular complexity index is 291. The third-order valence-corrected chi connectivity index (χ3v) is 1.94. The van der Waals surface area contributed by atoms with Crippen LogP contribution in [0, 0.1) is 0 Å². The number of hydrogen-bond acceptors (Lipinski definition) is 5. The Morgan fingerprint density at radius 3 is 2.93 bits per heavy atom. The van der Waals surface area contributed by atoms with Gasteiger partial charge < -0.3 is 15.3 Å². The van der Waals surface area contributed by atoms with E-state index in [-0.39, 0.29) is 6.61 Å². The first kappa shape index (κ1) is 11.9. The first-order valence-electron chi connectivity index (χ1n) is 5.04. The Balaban J connectivity index is 2.30. The molecule has 0 aliphatic rings. The van der Waals surface area contributed by atoms with Crippen LogP contribution in [0.5, 0.6) is 0 Å². The summed E-state index contributed by atoms with van der Waals surface area (Å²) in [6.45, 7) is 1.80. The van der Waals surface area contributed by atoms with Crippen LogP contribution >= 0.6 is 0 Å². The van der Waals surface area contributed by atoms with E-state index in [1.165, 1.54) is 0 Å². The summed E-state index contributed by atoms with van der Waals surface area (Å²) in [5.41, 5.74) is 0. The quantitative estimate of drug-likeness (QED) is 0.663. The van der Waals surface area contributed by atoms with Crippen molar-refractivity contribution in [1.29, 1.82) is 0 Å². The standard InChI is InChI=1S/C10H18N4O/c1-14(2)7-3-5-11-9-4-6-12-10(8-15)13-9/h4,6,15H,3,5,7-8H2,1-2H3,(H,11,12,13). The van der Waals surface area contributed by atoms with Crippen molar-refractivity contribution in [2.75, 3.05) is 32.5 Å². The maximum Gasteiger partial charge on any atom is 0.156 e. The Hall–Kier alpha value is -1.20. The molecule has 1 aromatic rings. The van der Waals surface area contributed by atoms with Crippen molar-refractivity contribution < 1.29 is 5.11 Å². The number of nitrogens with zero attached hydrogens (tertiary/aromatic N) is 3. The second-order valence-electron chi connectivity index (χ2n) is 3.60. The molecule has 0 saturated heterocycles. The minimum Gasteiger partial charge on any atom is -0.388 e. The molecule has 1 rings (SSSR count). The molecule has 0 aliphatic heterocycles. The van der Waals surface area contributed by atoms with Crippen LogP contribution in [0.3, 0.4) is 0 Å². The number of aliphatic hydroxyl groups excluding tert-OH is 1. The lowest BCUT2D eigenvalue weighted by Crippen LogP contribution is -2.16. The lowest BCUT2D eigenvalue weighted by molar-refractivity contribution is 0.271. The van der Waals surface area contributed by atoms with Crippen molar-refractivity contribution in [3.63, 3.8) is 0 Å². The first-order valence-corrected chi connectivity index (χ1v) is 5.04. The summed E-state index contributed by atoms with van der Waals surface area (Å²) in [6.07, 6.45) is 2.71. The molecule has 5 heteroatoms. The molecule has 0 aliphatic carbocycles. The average Bonchev–Trinajstić information content (AvgIpc) is 2.24. The molecule has 0 unspecified atom stereocenters. The lowest BCUT2D eigenvalue weighted by atomic mass is 10.4. The van der Waals surface area contributed by atoms with E-state index in [0.717, 1.165) is 25.3 Å². The van der Waals surface area contributed by atoms with Gasteiger partial charge in [0.05, 0.1) is 0 Å². The van der Waals surface area contributed by atoms with E-state index in [1.807, 2.05) is 0 Å². The molecular formula is C10H18N4O. The predicted octanol–water partition coefficient (Wildman–Crippen LogP) is 0.332. The number of anilines is 1. The predicted molar refractivity (Wildman–Crippen MR) is 59.6 cm³/mol. The van der Waals surface area contributed by atoms with Gasteiger partial charge in [0.25, 0.3) is 0 Å². The van der Waals surface area contributed by atoms with E-state index in [1.54, 1.807) is 12.3 Å². The zero-order valence-electron chi connectivity index (χ0n) is 9.27. The molecule has 84 valence electrons. The van der Waals surface area contributed by atoms with Gasteiger partial charge in [0, 0.05) is 12.7 Å². The van der Waals surface area contributed by atoms with Gasteiger partial charge in [0.15, 0.2) is 5.82 Å². The van der Waals surface area contributed by atoms with Gasteiger partial charge in [-0.05, 0) is 33.1 Å².